The second kappa shape index (κ2) is 5.22. The molecule has 21 heavy (non-hydrogen) atoms. The van der Waals surface area contributed by atoms with Crippen LogP contribution in [0.3, 0.4) is 0 Å². The lowest BCUT2D eigenvalue weighted by atomic mass is 10.2. The fourth-order valence-electron chi connectivity index (χ4n) is 1.88. The van der Waals surface area contributed by atoms with Gasteiger partial charge in [-0.3, -0.25) is 0 Å². The molecule has 7 nitrogen and oxygen atoms in total. The van der Waals surface area contributed by atoms with Gasteiger partial charge in [0.25, 0.3) is 0 Å². The van der Waals surface area contributed by atoms with Crippen LogP contribution < -0.4 is 4.90 Å². The number of halogens is 3. The summed E-state index contributed by atoms with van der Waals surface area (Å²) in [4.78, 5) is 5.74. The van der Waals surface area contributed by atoms with E-state index in [2.05, 4.69) is 20.3 Å². The minimum Gasteiger partial charge on any atom is -0.366 e. The van der Waals surface area contributed by atoms with Crippen LogP contribution in [0.1, 0.15) is 22.8 Å². The minimum atomic E-state index is -4.48. The van der Waals surface area contributed by atoms with E-state index in [1.54, 1.807) is 11.8 Å². The largest absolute Gasteiger partial charge is 0.445 e. The van der Waals surface area contributed by atoms with Crippen LogP contribution in [0.25, 0.3) is 0 Å². The maximum atomic E-state index is 12.5. The molecule has 0 bridgehead atoms. The zero-order valence-electron chi connectivity index (χ0n) is 10.8. The quantitative estimate of drug-likeness (QED) is 0.835. The van der Waals surface area contributed by atoms with E-state index in [-0.39, 0.29) is 5.13 Å². The minimum absolute atomic E-state index is 0.204. The van der Waals surface area contributed by atoms with Gasteiger partial charge in [0.1, 0.15) is 6.10 Å². The van der Waals surface area contributed by atoms with Crippen molar-refractivity contribution < 1.29 is 22.4 Å². The molecule has 11 heteroatoms. The van der Waals surface area contributed by atoms with Gasteiger partial charge in [-0.05, 0) is 0 Å². The number of hydrogen-bond donors (Lipinski definition) is 0. The predicted octanol–water partition coefficient (Wildman–Crippen LogP) is 1.83. The molecule has 1 fully saturated rings. The topological polar surface area (TPSA) is 77.2 Å². The van der Waals surface area contributed by atoms with E-state index in [0.717, 1.165) is 0 Å². The molecule has 1 aliphatic rings. The molecule has 1 atom stereocenters. The van der Waals surface area contributed by atoms with Gasteiger partial charge < -0.3 is 14.2 Å². The highest BCUT2D eigenvalue weighted by atomic mass is 32.1. The number of aryl methyl sites for hydroxylation is 1. The first kappa shape index (κ1) is 14.2. The van der Waals surface area contributed by atoms with Gasteiger partial charge in [0, 0.05) is 13.5 Å². The lowest BCUT2D eigenvalue weighted by Crippen LogP contribution is -2.38. The lowest BCUT2D eigenvalue weighted by molar-refractivity contribution is -0.138. The molecule has 1 saturated heterocycles. The van der Waals surface area contributed by atoms with Gasteiger partial charge in [-0.15, -0.1) is 10.2 Å². The summed E-state index contributed by atoms with van der Waals surface area (Å²) in [6.45, 7) is 2.71. The standard InChI is InChI=1S/C10H10F3N5O2S/c1-5-14-7(17-20-5)6-4-18(2-3-19-6)9-16-15-8(21-9)10(11,12)13/h6H,2-4H2,1H3/t6-/m0/s1. The number of rotatable bonds is 2. The smallest absolute Gasteiger partial charge is 0.366 e. The van der Waals surface area contributed by atoms with Crippen molar-refractivity contribution in [3.05, 3.63) is 16.7 Å². The van der Waals surface area contributed by atoms with Crippen LogP contribution in [0.4, 0.5) is 18.3 Å². The Labute approximate surface area is 120 Å². The number of ether oxygens (including phenoxy) is 1. The summed E-state index contributed by atoms with van der Waals surface area (Å²) in [5.41, 5.74) is 0. The number of hydrogen-bond acceptors (Lipinski definition) is 8. The van der Waals surface area contributed by atoms with Crippen molar-refractivity contribution in [3.63, 3.8) is 0 Å². The van der Waals surface area contributed by atoms with Gasteiger partial charge in [-0.2, -0.15) is 18.2 Å². The highest BCUT2D eigenvalue weighted by molar-refractivity contribution is 7.15. The summed E-state index contributed by atoms with van der Waals surface area (Å²) in [6.07, 6.45) is -4.94. The summed E-state index contributed by atoms with van der Waals surface area (Å²) >= 11 is 0.508. The van der Waals surface area contributed by atoms with Crippen molar-refractivity contribution in [1.29, 1.82) is 0 Å². The zero-order valence-corrected chi connectivity index (χ0v) is 11.6. The number of morpholine rings is 1. The van der Waals surface area contributed by atoms with Crippen LogP contribution in [0.15, 0.2) is 4.52 Å². The molecule has 0 saturated carbocycles. The number of aromatic nitrogens is 4. The Balaban J connectivity index is 1.75. The molecule has 0 aliphatic carbocycles. The predicted molar refractivity (Wildman–Crippen MR) is 64.9 cm³/mol. The Morgan fingerprint density at radius 1 is 1.33 bits per heavy atom. The number of alkyl halides is 3. The molecular formula is C10H10F3N5O2S. The van der Waals surface area contributed by atoms with Crippen LogP contribution in [-0.2, 0) is 10.9 Å². The normalized spacial score (nSPS) is 20.0. The molecule has 0 amide bonds. The lowest BCUT2D eigenvalue weighted by Gasteiger charge is -2.30. The van der Waals surface area contributed by atoms with E-state index in [0.29, 0.717) is 42.7 Å². The van der Waals surface area contributed by atoms with Crippen LogP contribution in [0.2, 0.25) is 0 Å². The molecule has 0 spiro atoms. The first-order valence-corrected chi connectivity index (χ1v) is 6.82. The van der Waals surface area contributed by atoms with Gasteiger partial charge in [0.15, 0.2) is 0 Å². The molecule has 3 rings (SSSR count). The molecule has 2 aromatic heterocycles. The Morgan fingerprint density at radius 3 is 2.76 bits per heavy atom. The van der Waals surface area contributed by atoms with Crippen LogP contribution in [0, 0.1) is 6.92 Å². The Kier molecular flexibility index (Phi) is 3.53. The molecule has 3 heterocycles. The van der Waals surface area contributed by atoms with Crippen LogP contribution in [-0.4, -0.2) is 40.0 Å². The van der Waals surface area contributed by atoms with E-state index < -0.39 is 17.3 Å². The van der Waals surface area contributed by atoms with Crippen molar-refractivity contribution in [2.24, 2.45) is 0 Å². The number of nitrogens with zero attached hydrogens (tertiary/aromatic N) is 5. The molecule has 0 aromatic carbocycles. The summed E-state index contributed by atoms with van der Waals surface area (Å²) in [6, 6.07) is 0. The van der Waals surface area contributed by atoms with E-state index in [1.165, 1.54) is 0 Å². The third kappa shape index (κ3) is 2.97. The van der Waals surface area contributed by atoms with Gasteiger partial charge in [0.2, 0.25) is 21.9 Å². The summed E-state index contributed by atoms with van der Waals surface area (Å²) in [7, 11) is 0. The third-order valence-electron chi connectivity index (χ3n) is 2.83. The summed E-state index contributed by atoms with van der Waals surface area (Å²) in [5, 5.41) is 9.77. The molecule has 1 aliphatic heterocycles. The summed E-state index contributed by atoms with van der Waals surface area (Å²) in [5.74, 6) is 0.777. The van der Waals surface area contributed by atoms with Gasteiger partial charge >= 0.3 is 6.18 Å². The van der Waals surface area contributed by atoms with Crippen molar-refractivity contribution in [2.45, 2.75) is 19.2 Å². The second-order valence-corrected chi connectivity index (χ2v) is 5.32. The molecular weight excluding hydrogens is 311 g/mol. The second-order valence-electron chi connectivity index (χ2n) is 4.36. The molecule has 114 valence electrons. The van der Waals surface area contributed by atoms with Gasteiger partial charge in [-0.25, -0.2) is 0 Å². The van der Waals surface area contributed by atoms with Crippen molar-refractivity contribution in [3.8, 4) is 0 Å². The average molecular weight is 321 g/mol. The first-order valence-electron chi connectivity index (χ1n) is 6.01. The SMILES string of the molecule is Cc1nc([C@@H]2CN(c3nnc(C(F)(F)F)s3)CCO2)no1. The average Bonchev–Trinajstić information content (AvgIpc) is 3.07. The maximum Gasteiger partial charge on any atom is 0.445 e. The van der Waals surface area contributed by atoms with E-state index in [4.69, 9.17) is 9.26 Å². The van der Waals surface area contributed by atoms with Crippen LogP contribution in [0.5, 0.6) is 0 Å². The Morgan fingerprint density at radius 2 is 2.14 bits per heavy atom. The highest BCUT2D eigenvalue weighted by Gasteiger charge is 2.37. The molecule has 0 unspecified atom stereocenters. The van der Waals surface area contributed by atoms with E-state index in [9.17, 15) is 13.2 Å². The van der Waals surface area contributed by atoms with Crippen molar-refractivity contribution in [1.82, 2.24) is 20.3 Å². The maximum absolute atomic E-state index is 12.5. The number of anilines is 1. The van der Waals surface area contributed by atoms with E-state index >= 15 is 0 Å². The fraction of sp³-hybridized carbons (Fsp3) is 0.600. The fourth-order valence-corrected chi connectivity index (χ4v) is 2.63. The Hall–Kier alpha value is -1.75. The monoisotopic (exact) mass is 321 g/mol. The Bertz CT molecular complexity index is 628. The molecule has 2 aromatic rings. The van der Waals surface area contributed by atoms with Gasteiger partial charge in [-0.1, -0.05) is 16.5 Å². The third-order valence-corrected chi connectivity index (χ3v) is 3.85. The van der Waals surface area contributed by atoms with Crippen molar-refractivity contribution in [2.75, 3.05) is 24.6 Å². The van der Waals surface area contributed by atoms with Gasteiger partial charge in [0.05, 0.1) is 13.2 Å². The first-order chi connectivity index (χ1) is 9.93. The highest BCUT2D eigenvalue weighted by Crippen LogP contribution is 2.35. The molecule has 0 radical (unpaired) electrons. The van der Waals surface area contributed by atoms with Crippen LogP contribution >= 0.6 is 11.3 Å². The summed E-state index contributed by atoms with van der Waals surface area (Å²) < 4.78 is 48.0. The van der Waals surface area contributed by atoms with E-state index in [1.807, 2.05) is 0 Å². The molecule has 0 N–H and O–H groups in total. The van der Waals surface area contributed by atoms with Crippen molar-refractivity contribution >= 4 is 16.5 Å². The zero-order chi connectivity index (χ0) is 15.0.